The predicted molar refractivity (Wildman–Crippen MR) is 84.5 cm³/mol. The molecule has 5 nitrogen and oxygen atoms in total. The molecule has 0 aromatic carbocycles. The summed E-state index contributed by atoms with van der Waals surface area (Å²) in [5, 5.41) is 2.63. The van der Waals surface area contributed by atoms with Crippen LogP contribution in [0.15, 0.2) is 28.2 Å². The maximum atomic E-state index is 11.8. The van der Waals surface area contributed by atoms with Crippen molar-refractivity contribution in [3.8, 4) is 10.8 Å². The molecule has 0 amide bonds. The highest BCUT2D eigenvalue weighted by Gasteiger charge is 2.16. The van der Waals surface area contributed by atoms with E-state index < -0.39 is 6.10 Å². The predicted octanol–water partition coefficient (Wildman–Crippen LogP) is 3.90. The van der Waals surface area contributed by atoms with Gasteiger partial charge in [0.15, 0.2) is 16.9 Å². The second kappa shape index (κ2) is 8.10. The summed E-state index contributed by atoms with van der Waals surface area (Å²) in [6, 6.07) is 3.66. The molecule has 1 atom stereocenters. The monoisotopic (exact) mass is 323 g/mol. The number of carbonyl (C=O) groups excluding carboxylic acids is 1. The molecule has 0 radical (unpaired) electrons. The molecule has 0 aliphatic heterocycles. The molecule has 0 N–H and O–H groups in total. The molecule has 0 bridgehead atoms. The van der Waals surface area contributed by atoms with Crippen molar-refractivity contribution in [1.82, 2.24) is 4.98 Å². The van der Waals surface area contributed by atoms with Gasteiger partial charge in [-0.2, -0.15) is 0 Å². The lowest BCUT2D eigenvalue weighted by molar-refractivity contribution is -0.157. The molecule has 2 aromatic rings. The van der Waals surface area contributed by atoms with Gasteiger partial charge in [0.1, 0.15) is 6.61 Å². The molecule has 0 aliphatic rings. The Bertz CT molecular complexity index is 577. The van der Waals surface area contributed by atoms with Crippen LogP contribution in [0, 0.1) is 5.92 Å². The Morgan fingerprint density at radius 1 is 1.41 bits per heavy atom. The van der Waals surface area contributed by atoms with Crippen LogP contribution in [0.25, 0.3) is 10.8 Å². The van der Waals surface area contributed by atoms with Gasteiger partial charge in [-0.1, -0.05) is 13.8 Å². The SMILES string of the molecule is CC(C)CCOC(C)C(=O)OCc1csc(-c2ccco2)n1. The minimum Gasteiger partial charge on any atom is -0.462 e. The summed E-state index contributed by atoms with van der Waals surface area (Å²) >= 11 is 1.46. The normalized spacial score (nSPS) is 12.5. The summed E-state index contributed by atoms with van der Waals surface area (Å²) in [5.74, 6) is 0.905. The fourth-order valence-corrected chi connectivity index (χ4v) is 2.47. The van der Waals surface area contributed by atoms with Crippen molar-refractivity contribution in [2.75, 3.05) is 6.61 Å². The standard InChI is InChI=1S/C16H21NO4S/c1-11(2)6-8-19-12(3)16(18)21-9-13-10-22-15(17-13)14-5-4-7-20-14/h4-5,7,10-12H,6,8-9H2,1-3H3. The van der Waals surface area contributed by atoms with E-state index in [9.17, 15) is 4.79 Å². The fraction of sp³-hybridized carbons (Fsp3) is 0.500. The van der Waals surface area contributed by atoms with Crippen LogP contribution in [0.5, 0.6) is 0 Å². The van der Waals surface area contributed by atoms with Gasteiger partial charge >= 0.3 is 5.97 Å². The highest BCUT2D eigenvalue weighted by molar-refractivity contribution is 7.13. The fourth-order valence-electron chi connectivity index (χ4n) is 1.70. The smallest absolute Gasteiger partial charge is 0.335 e. The van der Waals surface area contributed by atoms with Crippen LogP contribution in [0.1, 0.15) is 32.9 Å². The van der Waals surface area contributed by atoms with Crippen molar-refractivity contribution in [2.24, 2.45) is 5.92 Å². The first-order valence-electron chi connectivity index (χ1n) is 7.32. The Labute approximate surface area is 134 Å². The van der Waals surface area contributed by atoms with Crippen LogP contribution >= 0.6 is 11.3 Å². The van der Waals surface area contributed by atoms with Crippen molar-refractivity contribution < 1.29 is 18.7 Å². The van der Waals surface area contributed by atoms with E-state index >= 15 is 0 Å². The topological polar surface area (TPSA) is 61.6 Å². The first kappa shape index (κ1) is 16.7. The summed E-state index contributed by atoms with van der Waals surface area (Å²) < 4.78 is 16.0. The number of rotatable bonds is 8. The van der Waals surface area contributed by atoms with E-state index in [4.69, 9.17) is 13.9 Å². The van der Waals surface area contributed by atoms with Crippen molar-refractivity contribution in [3.63, 3.8) is 0 Å². The van der Waals surface area contributed by atoms with Gasteiger partial charge in [0.25, 0.3) is 0 Å². The number of hydrogen-bond donors (Lipinski definition) is 0. The lowest BCUT2D eigenvalue weighted by Gasteiger charge is -2.13. The Kier molecular flexibility index (Phi) is 6.15. The van der Waals surface area contributed by atoms with Gasteiger partial charge in [-0.25, -0.2) is 9.78 Å². The average molecular weight is 323 g/mol. The number of nitrogens with zero attached hydrogens (tertiary/aromatic N) is 1. The Balaban J connectivity index is 1.76. The van der Waals surface area contributed by atoms with E-state index in [0.717, 1.165) is 11.4 Å². The molecule has 1 unspecified atom stereocenters. The number of carbonyl (C=O) groups is 1. The minimum absolute atomic E-state index is 0.147. The first-order valence-corrected chi connectivity index (χ1v) is 8.20. The van der Waals surface area contributed by atoms with Crippen molar-refractivity contribution in [3.05, 3.63) is 29.5 Å². The van der Waals surface area contributed by atoms with Crippen LogP contribution in [0.3, 0.4) is 0 Å². The molecule has 0 saturated carbocycles. The molecule has 0 saturated heterocycles. The van der Waals surface area contributed by atoms with E-state index in [-0.39, 0.29) is 12.6 Å². The zero-order valence-corrected chi connectivity index (χ0v) is 13.9. The number of thiazole rings is 1. The van der Waals surface area contributed by atoms with Crippen LogP contribution in [0.2, 0.25) is 0 Å². The molecule has 2 rings (SSSR count). The quantitative estimate of drug-likeness (QED) is 0.690. The van der Waals surface area contributed by atoms with E-state index in [1.165, 1.54) is 11.3 Å². The van der Waals surface area contributed by atoms with Crippen LogP contribution in [0.4, 0.5) is 0 Å². The molecule has 22 heavy (non-hydrogen) atoms. The molecular weight excluding hydrogens is 302 g/mol. The van der Waals surface area contributed by atoms with E-state index in [0.29, 0.717) is 24.0 Å². The van der Waals surface area contributed by atoms with Gasteiger partial charge in [-0.3, -0.25) is 0 Å². The molecule has 2 aromatic heterocycles. The van der Waals surface area contributed by atoms with E-state index in [1.807, 2.05) is 17.5 Å². The third-order valence-corrected chi connectivity index (χ3v) is 3.95. The molecule has 6 heteroatoms. The largest absolute Gasteiger partial charge is 0.462 e. The second-order valence-corrected chi connectivity index (χ2v) is 6.28. The molecule has 0 aliphatic carbocycles. The van der Waals surface area contributed by atoms with Gasteiger partial charge in [0.2, 0.25) is 0 Å². The molecule has 0 spiro atoms. The van der Waals surface area contributed by atoms with Crippen LogP contribution in [-0.2, 0) is 20.9 Å². The lowest BCUT2D eigenvalue weighted by Crippen LogP contribution is -2.24. The Morgan fingerprint density at radius 3 is 2.91 bits per heavy atom. The number of hydrogen-bond acceptors (Lipinski definition) is 6. The van der Waals surface area contributed by atoms with E-state index in [1.54, 1.807) is 13.2 Å². The number of furan rings is 1. The van der Waals surface area contributed by atoms with Gasteiger partial charge < -0.3 is 13.9 Å². The highest BCUT2D eigenvalue weighted by Crippen LogP contribution is 2.24. The van der Waals surface area contributed by atoms with Gasteiger partial charge in [0.05, 0.1) is 12.0 Å². The van der Waals surface area contributed by atoms with Gasteiger partial charge in [-0.15, -0.1) is 11.3 Å². The van der Waals surface area contributed by atoms with Crippen molar-refractivity contribution in [2.45, 2.75) is 39.9 Å². The van der Waals surface area contributed by atoms with E-state index in [2.05, 4.69) is 18.8 Å². The lowest BCUT2D eigenvalue weighted by atomic mass is 10.1. The zero-order chi connectivity index (χ0) is 15.9. The summed E-state index contributed by atoms with van der Waals surface area (Å²) in [7, 11) is 0. The third kappa shape index (κ3) is 4.96. The van der Waals surface area contributed by atoms with Crippen LogP contribution in [-0.4, -0.2) is 23.7 Å². The second-order valence-electron chi connectivity index (χ2n) is 5.42. The maximum Gasteiger partial charge on any atom is 0.335 e. The summed E-state index contributed by atoms with van der Waals surface area (Å²) in [6.45, 7) is 6.65. The maximum absolute atomic E-state index is 11.8. The highest BCUT2D eigenvalue weighted by atomic mass is 32.1. The summed E-state index contributed by atoms with van der Waals surface area (Å²) in [4.78, 5) is 16.2. The van der Waals surface area contributed by atoms with Gasteiger partial charge in [-0.05, 0) is 31.4 Å². The van der Waals surface area contributed by atoms with Crippen molar-refractivity contribution in [1.29, 1.82) is 0 Å². The van der Waals surface area contributed by atoms with Crippen LogP contribution < -0.4 is 0 Å². The number of aromatic nitrogens is 1. The first-order chi connectivity index (χ1) is 10.6. The number of ether oxygens (including phenoxy) is 2. The summed E-state index contributed by atoms with van der Waals surface area (Å²) in [5.41, 5.74) is 0.708. The minimum atomic E-state index is -0.554. The number of esters is 1. The molecular formula is C16H21NO4S. The van der Waals surface area contributed by atoms with Gasteiger partial charge in [0, 0.05) is 12.0 Å². The summed E-state index contributed by atoms with van der Waals surface area (Å²) in [6.07, 6.45) is 1.98. The molecule has 2 heterocycles. The third-order valence-electron chi connectivity index (χ3n) is 3.04. The molecule has 0 fully saturated rings. The van der Waals surface area contributed by atoms with Crippen molar-refractivity contribution >= 4 is 17.3 Å². The Hall–Kier alpha value is -1.66. The average Bonchev–Trinajstić information content (AvgIpc) is 3.14. The Morgan fingerprint density at radius 2 is 2.23 bits per heavy atom. The molecule has 120 valence electrons. The zero-order valence-electron chi connectivity index (χ0n) is 13.1.